The fraction of sp³-hybridized carbons (Fsp3) is 0.400. The Balaban J connectivity index is 1.90. The summed E-state index contributed by atoms with van der Waals surface area (Å²) in [4.78, 5) is 2.11. The second kappa shape index (κ2) is 4.37. The first-order chi connectivity index (χ1) is 6.45. The van der Waals surface area contributed by atoms with Crippen LogP contribution in [0.15, 0.2) is 30.3 Å². The molecule has 0 bridgehead atoms. The zero-order valence-corrected chi connectivity index (χ0v) is 7.48. The zero-order valence-electron chi connectivity index (χ0n) is 7.48. The lowest BCUT2D eigenvalue weighted by Gasteiger charge is -2.26. The second-order valence-electron chi connectivity index (χ2n) is 3.10. The van der Waals surface area contributed by atoms with E-state index >= 15 is 0 Å². The molecule has 2 rings (SSSR count). The van der Waals surface area contributed by atoms with Crippen LogP contribution in [-0.2, 0) is 16.0 Å². The van der Waals surface area contributed by atoms with Crippen LogP contribution >= 0.6 is 0 Å². The van der Waals surface area contributed by atoms with Crippen molar-refractivity contribution in [3.05, 3.63) is 35.9 Å². The molecular weight excluding hydrogens is 166 g/mol. The first-order valence-corrected chi connectivity index (χ1v) is 4.37. The fourth-order valence-corrected chi connectivity index (χ4v) is 1.36. The van der Waals surface area contributed by atoms with Crippen LogP contribution in [0.2, 0.25) is 0 Å². The first kappa shape index (κ1) is 8.69. The summed E-state index contributed by atoms with van der Waals surface area (Å²) < 4.78 is 10.3. The van der Waals surface area contributed by atoms with Crippen LogP contribution in [0.1, 0.15) is 5.56 Å². The van der Waals surface area contributed by atoms with E-state index in [1.54, 1.807) is 0 Å². The SMILES string of the molecule is c1ccc(CN2COCOC2)cc1. The highest BCUT2D eigenvalue weighted by Gasteiger charge is 2.09. The Hall–Kier alpha value is -0.900. The van der Waals surface area contributed by atoms with E-state index in [0.29, 0.717) is 20.3 Å². The maximum absolute atomic E-state index is 5.16. The van der Waals surface area contributed by atoms with Gasteiger partial charge in [-0.15, -0.1) is 0 Å². The van der Waals surface area contributed by atoms with E-state index in [9.17, 15) is 0 Å². The average molecular weight is 179 g/mol. The van der Waals surface area contributed by atoms with Gasteiger partial charge < -0.3 is 9.47 Å². The van der Waals surface area contributed by atoms with Gasteiger partial charge >= 0.3 is 0 Å². The summed E-state index contributed by atoms with van der Waals surface area (Å²) in [6.07, 6.45) is 0. The summed E-state index contributed by atoms with van der Waals surface area (Å²) in [5.41, 5.74) is 1.29. The normalized spacial score (nSPS) is 18.8. The van der Waals surface area contributed by atoms with Gasteiger partial charge in [0.05, 0.1) is 0 Å². The van der Waals surface area contributed by atoms with Gasteiger partial charge in [0.15, 0.2) is 0 Å². The van der Waals surface area contributed by atoms with Crippen molar-refractivity contribution >= 4 is 0 Å². The van der Waals surface area contributed by atoms with Gasteiger partial charge in [0, 0.05) is 6.54 Å². The van der Waals surface area contributed by atoms with E-state index in [0.717, 1.165) is 6.54 Å². The molecular formula is C10H13NO2. The molecule has 0 spiro atoms. The Morgan fingerprint density at radius 2 is 1.77 bits per heavy atom. The van der Waals surface area contributed by atoms with Crippen LogP contribution < -0.4 is 0 Å². The number of nitrogens with zero attached hydrogens (tertiary/aromatic N) is 1. The van der Waals surface area contributed by atoms with Gasteiger partial charge in [-0.2, -0.15) is 0 Å². The minimum Gasteiger partial charge on any atom is -0.340 e. The maximum Gasteiger partial charge on any atom is 0.150 e. The van der Waals surface area contributed by atoms with E-state index in [2.05, 4.69) is 17.0 Å². The highest BCUT2D eigenvalue weighted by Crippen LogP contribution is 2.06. The Labute approximate surface area is 77.9 Å². The van der Waals surface area contributed by atoms with Crippen molar-refractivity contribution in [3.63, 3.8) is 0 Å². The lowest BCUT2D eigenvalue weighted by atomic mass is 10.2. The molecule has 1 fully saturated rings. The summed E-state index contributed by atoms with van der Waals surface area (Å²) in [6.45, 7) is 2.63. The zero-order chi connectivity index (χ0) is 8.93. The maximum atomic E-state index is 5.16. The van der Waals surface area contributed by atoms with Gasteiger partial charge in [-0.3, -0.25) is 4.90 Å². The molecule has 0 radical (unpaired) electrons. The summed E-state index contributed by atoms with van der Waals surface area (Å²) in [7, 11) is 0. The summed E-state index contributed by atoms with van der Waals surface area (Å²) in [6, 6.07) is 10.3. The molecule has 3 nitrogen and oxygen atoms in total. The molecule has 0 unspecified atom stereocenters. The third-order valence-electron chi connectivity index (χ3n) is 1.96. The monoisotopic (exact) mass is 179 g/mol. The van der Waals surface area contributed by atoms with Crippen LogP contribution in [0.3, 0.4) is 0 Å². The number of rotatable bonds is 2. The molecule has 1 aromatic carbocycles. The molecule has 0 N–H and O–H groups in total. The molecule has 1 heterocycles. The highest BCUT2D eigenvalue weighted by atomic mass is 16.7. The molecule has 13 heavy (non-hydrogen) atoms. The minimum atomic E-state index is 0.422. The van der Waals surface area contributed by atoms with Gasteiger partial charge in [-0.1, -0.05) is 30.3 Å². The first-order valence-electron chi connectivity index (χ1n) is 4.37. The quantitative estimate of drug-likeness (QED) is 0.685. The molecule has 0 amide bonds. The highest BCUT2D eigenvalue weighted by molar-refractivity contribution is 5.14. The van der Waals surface area contributed by atoms with Gasteiger partial charge in [0.1, 0.15) is 20.3 Å². The Morgan fingerprint density at radius 3 is 2.46 bits per heavy atom. The lowest BCUT2D eigenvalue weighted by molar-refractivity contribution is -0.185. The van der Waals surface area contributed by atoms with Gasteiger partial charge in [-0.05, 0) is 5.56 Å². The largest absolute Gasteiger partial charge is 0.340 e. The van der Waals surface area contributed by atoms with Crippen LogP contribution in [0.5, 0.6) is 0 Å². The molecule has 1 aliphatic heterocycles. The molecule has 0 atom stereocenters. The summed E-state index contributed by atoms with van der Waals surface area (Å²) >= 11 is 0. The van der Waals surface area contributed by atoms with Crippen LogP contribution in [0, 0.1) is 0 Å². The summed E-state index contributed by atoms with van der Waals surface area (Å²) in [5, 5.41) is 0. The number of benzene rings is 1. The number of ether oxygens (including phenoxy) is 2. The lowest BCUT2D eigenvalue weighted by Crippen LogP contribution is -2.34. The van der Waals surface area contributed by atoms with Gasteiger partial charge in [0.2, 0.25) is 0 Å². The standard InChI is InChI=1S/C10H13NO2/c1-2-4-10(5-3-1)6-11-7-12-9-13-8-11/h1-5H,6-9H2. The van der Waals surface area contributed by atoms with Gasteiger partial charge in [0.25, 0.3) is 0 Å². The third-order valence-corrected chi connectivity index (χ3v) is 1.96. The van der Waals surface area contributed by atoms with E-state index in [1.807, 2.05) is 18.2 Å². The molecule has 1 aromatic rings. The Bertz CT molecular complexity index is 244. The topological polar surface area (TPSA) is 21.7 Å². The summed E-state index contributed by atoms with van der Waals surface area (Å²) in [5.74, 6) is 0. The Kier molecular flexibility index (Phi) is 2.92. The molecule has 3 heteroatoms. The van der Waals surface area contributed by atoms with Crippen molar-refractivity contribution in [1.82, 2.24) is 4.90 Å². The number of hydrogen-bond donors (Lipinski definition) is 0. The van der Waals surface area contributed by atoms with Crippen LogP contribution in [-0.4, -0.2) is 25.2 Å². The molecule has 1 saturated heterocycles. The van der Waals surface area contributed by atoms with E-state index < -0.39 is 0 Å². The van der Waals surface area contributed by atoms with Crippen molar-refractivity contribution in [2.45, 2.75) is 6.54 Å². The number of hydrogen-bond acceptors (Lipinski definition) is 3. The van der Waals surface area contributed by atoms with Crippen molar-refractivity contribution in [1.29, 1.82) is 0 Å². The fourth-order valence-electron chi connectivity index (χ4n) is 1.36. The second-order valence-corrected chi connectivity index (χ2v) is 3.10. The Morgan fingerprint density at radius 1 is 1.08 bits per heavy atom. The van der Waals surface area contributed by atoms with E-state index in [1.165, 1.54) is 5.56 Å². The van der Waals surface area contributed by atoms with Crippen molar-refractivity contribution in [2.75, 3.05) is 20.3 Å². The molecule has 70 valence electrons. The minimum absolute atomic E-state index is 0.422. The van der Waals surface area contributed by atoms with Crippen LogP contribution in [0.25, 0.3) is 0 Å². The van der Waals surface area contributed by atoms with Crippen molar-refractivity contribution in [2.24, 2.45) is 0 Å². The average Bonchev–Trinajstić information content (AvgIpc) is 2.21. The predicted molar refractivity (Wildman–Crippen MR) is 48.8 cm³/mol. The van der Waals surface area contributed by atoms with Crippen molar-refractivity contribution < 1.29 is 9.47 Å². The molecule has 0 aromatic heterocycles. The van der Waals surface area contributed by atoms with Crippen molar-refractivity contribution in [3.8, 4) is 0 Å². The van der Waals surface area contributed by atoms with Gasteiger partial charge in [-0.25, -0.2) is 0 Å². The molecule has 0 saturated carbocycles. The predicted octanol–water partition coefficient (Wildman–Crippen LogP) is 1.41. The third kappa shape index (κ3) is 2.52. The van der Waals surface area contributed by atoms with E-state index in [4.69, 9.17) is 9.47 Å². The smallest absolute Gasteiger partial charge is 0.150 e. The molecule has 0 aliphatic carbocycles. The van der Waals surface area contributed by atoms with Crippen LogP contribution in [0.4, 0.5) is 0 Å². The van der Waals surface area contributed by atoms with E-state index in [-0.39, 0.29) is 0 Å². The molecule has 1 aliphatic rings.